The number of aromatic nitrogens is 3. The van der Waals surface area contributed by atoms with Crippen LogP contribution >= 0.6 is 0 Å². The van der Waals surface area contributed by atoms with Gasteiger partial charge in [-0.15, -0.1) is 5.10 Å². The van der Waals surface area contributed by atoms with E-state index >= 15 is 0 Å². The van der Waals surface area contributed by atoms with Gasteiger partial charge in [-0.25, -0.2) is 14.3 Å². The second kappa shape index (κ2) is 7.24. The monoisotopic (exact) mass is 427 g/mol. The van der Waals surface area contributed by atoms with Crippen molar-refractivity contribution >= 4 is 11.9 Å². The lowest BCUT2D eigenvalue weighted by molar-refractivity contribution is -0.226. The van der Waals surface area contributed by atoms with Crippen molar-refractivity contribution in [3.63, 3.8) is 0 Å². The molecule has 166 valence electrons. The van der Waals surface area contributed by atoms with E-state index in [9.17, 15) is 9.59 Å². The van der Waals surface area contributed by atoms with Crippen molar-refractivity contribution in [3.8, 4) is 0 Å². The molecular weight excluding hydrogens is 402 g/mol. The Hall–Kier alpha value is -2.12. The van der Waals surface area contributed by atoms with Crippen molar-refractivity contribution in [1.82, 2.24) is 15.0 Å². The number of ether oxygens (including phenoxy) is 7. The number of fused-ring (bicyclic) bond motifs is 1. The number of carbonyl (C=O) groups excluding carboxylic acids is 2. The summed E-state index contributed by atoms with van der Waals surface area (Å²) in [6, 6.07) is -0.709. The van der Waals surface area contributed by atoms with Crippen LogP contribution in [0.15, 0.2) is 0 Å². The predicted octanol–water partition coefficient (Wildman–Crippen LogP) is 0.420. The first-order chi connectivity index (χ1) is 14.1. The molecule has 0 aliphatic carbocycles. The van der Waals surface area contributed by atoms with E-state index in [1.807, 2.05) is 0 Å². The Labute approximate surface area is 172 Å². The maximum atomic E-state index is 12.5. The third kappa shape index (κ3) is 3.48. The van der Waals surface area contributed by atoms with Crippen molar-refractivity contribution in [2.24, 2.45) is 0 Å². The summed E-state index contributed by atoms with van der Waals surface area (Å²) in [4.78, 5) is 24.7. The van der Waals surface area contributed by atoms with Crippen molar-refractivity contribution in [2.45, 2.75) is 69.9 Å². The molecule has 12 heteroatoms. The zero-order valence-corrected chi connectivity index (χ0v) is 17.6. The number of methoxy groups -OCH3 is 2. The lowest BCUT2D eigenvalue weighted by atomic mass is 10.0. The number of carbonyl (C=O) groups is 2. The number of nitrogens with zero attached hydrogens (tertiary/aromatic N) is 3. The molecule has 1 aromatic rings. The quantitative estimate of drug-likeness (QED) is 0.620. The molecule has 5 atom stereocenters. The SMILES string of the molecule is COC(=O)c1nnn([C@@H]2[C@H]3OC(C)(C)O[C@H]3O[C@@H]2[C@@H]2COC(C)(C)O2)c1C(=O)OC. The van der Waals surface area contributed by atoms with Crippen LogP contribution in [-0.2, 0) is 33.2 Å². The minimum atomic E-state index is -0.915. The van der Waals surface area contributed by atoms with Gasteiger partial charge in [-0.3, -0.25) is 0 Å². The van der Waals surface area contributed by atoms with Crippen LogP contribution in [0.4, 0.5) is 0 Å². The first-order valence-electron chi connectivity index (χ1n) is 9.51. The van der Waals surface area contributed by atoms with Crippen LogP contribution in [0, 0.1) is 0 Å². The Balaban J connectivity index is 1.77. The van der Waals surface area contributed by atoms with Gasteiger partial charge in [-0.2, -0.15) is 0 Å². The minimum absolute atomic E-state index is 0.171. The molecule has 3 aliphatic rings. The number of hydrogen-bond acceptors (Lipinski definition) is 11. The molecule has 0 N–H and O–H groups in total. The van der Waals surface area contributed by atoms with Crippen LogP contribution in [-0.4, -0.2) is 83.9 Å². The van der Waals surface area contributed by atoms with Crippen molar-refractivity contribution in [2.75, 3.05) is 20.8 Å². The zero-order chi connectivity index (χ0) is 21.8. The summed E-state index contributed by atoms with van der Waals surface area (Å²) >= 11 is 0. The highest BCUT2D eigenvalue weighted by molar-refractivity contribution is 6.00. The molecule has 0 unspecified atom stereocenters. The van der Waals surface area contributed by atoms with Crippen LogP contribution in [0.25, 0.3) is 0 Å². The molecule has 0 aromatic carbocycles. The number of esters is 2. The Bertz CT molecular complexity index is 852. The summed E-state index contributed by atoms with van der Waals surface area (Å²) in [6.07, 6.45) is -2.54. The maximum absolute atomic E-state index is 12.5. The van der Waals surface area contributed by atoms with Gasteiger partial charge in [0.15, 0.2) is 23.6 Å². The molecule has 30 heavy (non-hydrogen) atoms. The van der Waals surface area contributed by atoms with Gasteiger partial charge in [0, 0.05) is 0 Å². The predicted molar refractivity (Wildman–Crippen MR) is 95.3 cm³/mol. The largest absolute Gasteiger partial charge is 0.464 e. The highest BCUT2D eigenvalue weighted by atomic mass is 16.8. The summed E-state index contributed by atoms with van der Waals surface area (Å²) in [7, 11) is 2.38. The summed E-state index contributed by atoms with van der Waals surface area (Å²) in [5.74, 6) is -3.34. The normalized spacial score (nSPS) is 34.0. The molecule has 3 fully saturated rings. The average Bonchev–Trinajstić information content (AvgIpc) is 3.40. The molecule has 0 bridgehead atoms. The van der Waals surface area contributed by atoms with Crippen molar-refractivity contribution in [1.29, 1.82) is 0 Å². The van der Waals surface area contributed by atoms with Gasteiger partial charge in [-0.05, 0) is 27.7 Å². The summed E-state index contributed by atoms with van der Waals surface area (Å²) in [5, 5.41) is 7.91. The zero-order valence-electron chi connectivity index (χ0n) is 17.6. The van der Waals surface area contributed by atoms with Gasteiger partial charge in [-0.1, -0.05) is 5.21 Å². The number of hydrogen-bond donors (Lipinski definition) is 0. The summed E-state index contributed by atoms with van der Waals surface area (Å²) < 4.78 is 40.5. The Morgan fingerprint density at radius 3 is 2.30 bits per heavy atom. The van der Waals surface area contributed by atoms with Crippen molar-refractivity contribution < 1.29 is 42.7 Å². The van der Waals surface area contributed by atoms with E-state index in [0.717, 1.165) is 0 Å². The smallest absolute Gasteiger partial charge is 0.361 e. The second-order valence-electron chi connectivity index (χ2n) is 8.14. The van der Waals surface area contributed by atoms with Crippen LogP contribution in [0.1, 0.15) is 54.7 Å². The minimum Gasteiger partial charge on any atom is -0.464 e. The highest BCUT2D eigenvalue weighted by Gasteiger charge is 2.60. The van der Waals surface area contributed by atoms with E-state index in [2.05, 4.69) is 10.3 Å². The van der Waals surface area contributed by atoms with E-state index in [0.29, 0.717) is 0 Å². The summed E-state index contributed by atoms with van der Waals surface area (Å²) in [5.41, 5.74) is -0.441. The van der Waals surface area contributed by atoms with E-state index in [1.54, 1.807) is 27.7 Å². The summed E-state index contributed by atoms with van der Waals surface area (Å²) in [6.45, 7) is 7.34. The van der Waals surface area contributed by atoms with Crippen LogP contribution in [0.5, 0.6) is 0 Å². The molecule has 4 rings (SSSR count). The first kappa shape index (κ1) is 21.1. The van der Waals surface area contributed by atoms with Crippen molar-refractivity contribution in [3.05, 3.63) is 11.4 Å². The number of rotatable bonds is 4. The fraction of sp³-hybridized carbons (Fsp3) is 0.778. The Morgan fingerprint density at radius 1 is 1.00 bits per heavy atom. The third-order valence-corrected chi connectivity index (χ3v) is 5.18. The van der Waals surface area contributed by atoms with Crippen LogP contribution in [0.2, 0.25) is 0 Å². The van der Waals surface area contributed by atoms with Gasteiger partial charge in [0.05, 0.1) is 20.8 Å². The molecule has 0 saturated carbocycles. The topological polar surface area (TPSA) is 129 Å². The molecular formula is C18H25N3O9. The van der Waals surface area contributed by atoms with E-state index in [1.165, 1.54) is 18.9 Å². The Kier molecular flexibility index (Phi) is 5.10. The average molecular weight is 427 g/mol. The van der Waals surface area contributed by atoms with Gasteiger partial charge in [0.1, 0.15) is 24.4 Å². The maximum Gasteiger partial charge on any atom is 0.361 e. The third-order valence-electron chi connectivity index (χ3n) is 5.18. The standard InChI is InChI=1S/C18H25N3O9/c1-17(2)26-7-8(28-17)12-11(13-16(27-12)30-18(3,4)29-13)21-10(15(23)25-6)9(19-20-21)14(22)24-5/h8,11-13,16H,7H2,1-6H3/t8-,11-,12+,13+,16+/m0/s1. The van der Waals surface area contributed by atoms with Crippen LogP contribution in [0.3, 0.4) is 0 Å². The molecule has 3 aliphatic heterocycles. The van der Waals surface area contributed by atoms with E-state index in [-0.39, 0.29) is 18.0 Å². The molecule has 0 radical (unpaired) electrons. The Morgan fingerprint density at radius 2 is 1.70 bits per heavy atom. The lowest BCUT2D eigenvalue weighted by Crippen LogP contribution is -2.41. The molecule has 0 spiro atoms. The van der Waals surface area contributed by atoms with Gasteiger partial charge in [0.2, 0.25) is 5.69 Å². The van der Waals surface area contributed by atoms with E-state index in [4.69, 9.17) is 33.2 Å². The molecule has 3 saturated heterocycles. The molecule has 12 nitrogen and oxygen atoms in total. The molecule has 0 amide bonds. The van der Waals surface area contributed by atoms with Crippen LogP contribution < -0.4 is 0 Å². The first-order valence-corrected chi connectivity index (χ1v) is 9.51. The fourth-order valence-corrected chi connectivity index (χ4v) is 4.00. The van der Waals surface area contributed by atoms with Gasteiger partial charge in [0.25, 0.3) is 0 Å². The highest BCUT2D eigenvalue weighted by Crippen LogP contribution is 2.46. The molecule has 4 heterocycles. The van der Waals surface area contributed by atoms with E-state index < -0.39 is 54.2 Å². The second-order valence-corrected chi connectivity index (χ2v) is 8.14. The van der Waals surface area contributed by atoms with Gasteiger partial charge < -0.3 is 33.2 Å². The fourth-order valence-electron chi connectivity index (χ4n) is 4.00. The molecule has 1 aromatic heterocycles. The lowest BCUT2D eigenvalue weighted by Gasteiger charge is -2.29. The van der Waals surface area contributed by atoms with Gasteiger partial charge >= 0.3 is 11.9 Å².